The van der Waals surface area contributed by atoms with Gasteiger partial charge in [-0.3, -0.25) is 4.79 Å². The normalized spacial score (nSPS) is 10.4. The Morgan fingerprint density at radius 1 is 1.47 bits per heavy atom. The van der Waals surface area contributed by atoms with Gasteiger partial charge in [0.25, 0.3) is 5.91 Å². The Bertz CT molecular complexity index is 629. The SMILES string of the molecule is Cn1cc(Cl)cc1C(=O)NCc1ccc(C(=O)O)o1. The number of aromatic carboxylic acids is 1. The predicted octanol–water partition coefficient (Wildman–Crippen LogP) is 1.90. The van der Waals surface area contributed by atoms with E-state index in [-0.39, 0.29) is 18.2 Å². The zero-order chi connectivity index (χ0) is 14.0. The molecule has 2 N–H and O–H groups in total. The lowest BCUT2D eigenvalue weighted by atomic mass is 10.3. The van der Waals surface area contributed by atoms with Crippen molar-refractivity contribution in [3.8, 4) is 0 Å². The molecule has 2 rings (SSSR count). The Hall–Kier alpha value is -2.21. The molecule has 0 radical (unpaired) electrons. The van der Waals surface area contributed by atoms with Gasteiger partial charge in [-0.2, -0.15) is 0 Å². The lowest BCUT2D eigenvalue weighted by Crippen LogP contribution is -2.24. The van der Waals surface area contributed by atoms with Crippen LogP contribution in [0.4, 0.5) is 0 Å². The fraction of sp³-hybridized carbons (Fsp3) is 0.167. The molecule has 0 atom stereocenters. The summed E-state index contributed by atoms with van der Waals surface area (Å²) in [5.74, 6) is -1.26. The van der Waals surface area contributed by atoms with Crippen LogP contribution in [0.2, 0.25) is 5.02 Å². The Morgan fingerprint density at radius 3 is 2.74 bits per heavy atom. The van der Waals surface area contributed by atoms with Crippen LogP contribution >= 0.6 is 11.6 Å². The number of nitrogens with zero attached hydrogens (tertiary/aromatic N) is 1. The van der Waals surface area contributed by atoms with Crippen LogP contribution in [0.1, 0.15) is 26.8 Å². The maximum absolute atomic E-state index is 11.8. The smallest absolute Gasteiger partial charge is 0.371 e. The van der Waals surface area contributed by atoms with Crippen molar-refractivity contribution in [1.29, 1.82) is 0 Å². The summed E-state index contributed by atoms with van der Waals surface area (Å²) in [4.78, 5) is 22.5. The largest absolute Gasteiger partial charge is 0.475 e. The van der Waals surface area contributed by atoms with E-state index in [2.05, 4.69) is 5.32 Å². The zero-order valence-electron chi connectivity index (χ0n) is 10.0. The molecule has 0 aliphatic carbocycles. The second-order valence-electron chi connectivity index (χ2n) is 3.91. The molecule has 2 aromatic rings. The van der Waals surface area contributed by atoms with E-state index in [1.165, 1.54) is 12.1 Å². The zero-order valence-corrected chi connectivity index (χ0v) is 10.8. The van der Waals surface area contributed by atoms with Crippen molar-refractivity contribution in [3.63, 3.8) is 0 Å². The quantitative estimate of drug-likeness (QED) is 0.897. The molecule has 0 unspecified atom stereocenters. The Kier molecular flexibility index (Phi) is 3.62. The van der Waals surface area contributed by atoms with Crippen LogP contribution in [0.25, 0.3) is 0 Å². The van der Waals surface area contributed by atoms with E-state index in [0.717, 1.165) is 0 Å². The lowest BCUT2D eigenvalue weighted by molar-refractivity contribution is 0.0660. The number of rotatable bonds is 4. The number of hydrogen-bond donors (Lipinski definition) is 2. The Balaban J connectivity index is 2.00. The lowest BCUT2D eigenvalue weighted by Gasteiger charge is -2.03. The van der Waals surface area contributed by atoms with Gasteiger partial charge < -0.3 is 19.4 Å². The number of carboxylic acids is 1. The number of aryl methyl sites for hydroxylation is 1. The van der Waals surface area contributed by atoms with Gasteiger partial charge in [0.05, 0.1) is 11.6 Å². The van der Waals surface area contributed by atoms with Crippen molar-refractivity contribution in [2.24, 2.45) is 7.05 Å². The van der Waals surface area contributed by atoms with Crippen molar-refractivity contribution in [2.45, 2.75) is 6.54 Å². The first-order valence-electron chi connectivity index (χ1n) is 5.39. The molecule has 0 spiro atoms. The summed E-state index contributed by atoms with van der Waals surface area (Å²) in [6, 6.07) is 4.38. The molecule has 0 saturated carbocycles. The highest BCUT2D eigenvalue weighted by molar-refractivity contribution is 6.31. The van der Waals surface area contributed by atoms with E-state index < -0.39 is 5.97 Å². The minimum Gasteiger partial charge on any atom is -0.475 e. The van der Waals surface area contributed by atoms with Gasteiger partial charge in [-0.15, -0.1) is 0 Å². The van der Waals surface area contributed by atoms with Crippen LogP contribution in [0.3, 0.4) is 0 Å². The van der Waals surface area contributed by atoms with Gasteiger partial charge in [0.1, 0.15) is 11.5 Å². The molecule has 0 aliphatic heterocycles. The summed E-state index contributed by atoms with van der Waals surface area (Å²) in [5, 5.41) is 11.8. The molecule has 7 heteroatoms. The number of halogens is 1. The monoisotopic (exact) mass is 282 g/mol. The molecule has 100 valence electrons. The van der Waals surface area contributed by atoms with Crippen molar-refractivity contribution >= 4 is 23.5 Å². The molecule has 0 bridgehead atoms. The van der Waals surface area contributed by atoms with Gasteiger partial charge in [-0.1, -0.05) is 11.6 Å². The Morgan fingerprint density at radius 2 is 2.21 bits per heavy atom. The van der Waals surface area contributed by atoms with Crippen molar-refractivity contribution < 1.29 is 19.1 Å². The van der Waals surface area contributed by atoms with Crippen molar-refractivity contribution in [2.75, 3.05) is 0 Å². The second-order valence-corrected chi connectivity index (χ2v) is 4.34. The highest BCUT2D eigenvalue weighted by atomic mass is 35.5. The molecule has 0 saturated heterocycles. The summed E-state index contributed by atoms with van der Waals surface area (Å²) in [5.41, 5.74) is 0.412. The molecule has 1 amide bonds. The fourth-order valence-electron chi connectivity index (χ4n) is 1.60. The van der Waals surface area contributed by atoms with Crippen LogP contribution in [0, 0.1) is 0 Å². The number of furan rings is 1. The van der Waals surface area contributed by atoms with E-state index >= 15 is 0 Å². The summed E-state index contributed by atoms with van der Waals surface area (Å²) in [6.07, 6.45) is 1.62. The number of nitrogens with one attached hydrogen (secondary N) is 1. The van der Waals surface area contributed by atoms with Crippen LogP contribution in [-0.4, -0.2) is 21.6 Å². The molecule has 0 fully saturated rings. The third-order valence-electron chi connectivity index (χ3n) is 2.50. The molecule has 2 aromatic heterocycles. The third-order valence-corrected chi connectivity index (χ3v) is 2.71. The first-order valence-corrected chi connectivity index (χ1v) is 5.77. The van der Waals surface area contributed by atoms with Gasteiger partial charge in [-0.25, -0.2) is 4.79 Å². The van der Waals surface area contributed by atoms with E-state index in [1.54, 1.807) is 23.9 Å². The average molecular weight is 283 g/mol. The first-order chi connectivity index (χ1) is 8.97. The fourth-order valence-corrected chi connectivity index (χ4v) is 1.85. The Labute approximate surface area is 113 Å². The van der Waals surface area contributed by atoms with E-state index in [9.17, 15) is 9.59 Å². The van der Waals surface area contributed by atoms with Crippen LogP contribution in [0.15, 0.2) is 28.8 Å². The van der Waals surface area contributed by atoms with Crippen LogP contribution in [0.5, 0.6) is 0 Å². The summed E-state index contributed by atoms with van der Waals surface area (Å²) >= 11 is 5.78. The van der Waals surface area contributed by atoms with Gasteiger partial charge in [0, 0.05) is 13.2 Å². The maximum Gasteiger partial charge on any atom is 0.371 e. The minimum absolute atomic E-state index is 0.106. The molecular formula is C12H11ClN2O4. The number of hydrogen-bond acceptors (Lipinski definition) is 3. The average Bonchev–Trinajstić information content (AvgIpc) is 2.93. The van der Waals surface area contributed by atoms with Gasteiger partial charge in [0.2, 0.25) is 5.76 Å². The molecular weight excluding hydrogens is 272 g/mol. The number of amides is 1. The molecule has 0 aliphatic rings. The predicted molar refractivity (Wildman–Crippen MR) is 67.3 cm³/mol. The van der Waals surface area contributed by atoms with E-state index in [4.69, 9.17) is 21.1 Å². The number of carbonyl (C=O) groups excluding carboxylic acids is 1. The number of aromatic nitrogens is 1. The summed E-state index contributed by atoms with van der Waals surface area (Å²) < 4.78 is 6.62. The minimum atomic E-state index is -1.15. The van der Waals surface area contributed by atoms with Gasteiger partial charge >= 0.3 is 5.97 Å². The molecule has 0 aromatic carbocycles. The summed E-state index contributed by atoms with van der Waals surface area (Å²) in [6.45, 7) is 0.106. The number of carboxylic acid groups (broad SMARTS) is 1. The molecule has 19 heavy (non-hydrogen) atoms. The third kappa shape index (κ3) is 2.97. The van der Waals surface area contributed by atoms with E-state index in [1.807, 2.05) is 0 Å². The van der Waals surface area contributed by atoms with Gasteiger partial charge in [0.15, 0.2) is 0 Å². The van der Waals surface area contributed by atoms with Crippen molar-refractivity contribution in [3.05, 3.63) is 46.6 Å². The first kappa shape index (κ1) is 13.2. The highest BCUT2D eigenvalue weighted by Crippen LogP contribution is 2.13. The van der Waals surface area contributed by atoms with Crippen LogP contribution < -0.4 is 5.32 Å². The molecule has 2 heterocycles. The highest BCUT2D eigenvalue weighted by Gasteiger charge is 2.13. The second kappa shape index (κ2) is 5.19. The number of carbonyl (C=O) groups is 2. The van der Waals surface area contributed by atoms with E-state index in [0.29, 0.717) is 16.5 Å². The summed E-state index contributed by atoms with van der Waals surface area (Å²) in [7, 11) is 1.70. The van der Waals surface area contributed by atoms with Gasteiger partial charge in [-0.05, 0) is 18.2 Å². The van der Waals surface area contributed by atoms with Crippen LogP contribution in [-0.2, 0) is 13.6 Å². The topological polar surface area (TPSA) is 84.5 Å². The van der Waals surface area contributed by atoms with Crippen molar-refractivity contribution in [1.82, 2.24) is 9.88 Å². The molecule has 6 nitrogen and oxygen atoms in total. The standard InChI is InChI=1S/C12H11ClN2O4/c1-15-6-7(13)4-9(15)11(16)14-5-8-2-3-10(19-8)12(17)18/h2-4,6H,5H2,1H3,(H,14,16)(H,17,18). The maximum atomic E-state index is 11.8.